The normalized spacial score (nSPS) is 10.9. The van der Waals surface area contributed by atoms with Gasteiger partial charge in [0.1, 0.15) is 0 Å². The van der Waals surface area contributed by atoms with E-state index in [-0.39, 0.29) is 55.1 Å². The van der Waals surface area contributed by atoms with E-state index >= 15 is 0 Å². The van der Waals surface area contributed by atoms with Gasteiger partial charge in [0.2, 0.25) is 0 Å². The minimum absolute atomic E-state index is 0. The van der Waals surface area contributed by atoms with Crippen molar-refractivity contribution >= 4 is 0 Å². The molecule has 0 N–H and O–H groups in total. The Labute approximate surface area is 165 Å². The molecule has 0 aliphatic heterocycles. The van der Waals surface area contributed by atoms with Crippen LogP contribution in [0.1, 0.15) is 52.7 Å². The van der Waals surface area contributed by atoms with Crippen molar-refractivity contribution in [1.82, 2.24) is 9.97 Å². The molecule has 0 aliphatic rings. The summed E-state index contributed by atoms with van der Waals surface area (Å²) < 4.78 is 0. The van der Waals surface area contributed by atoms with Crippen molar-refractivity contribution in [1.29, 1.82) is 0 Å². The zero-order valence-electron chi connectivity index (χ0n) is 14.8. The summed E-state index contributed by atoms with van der Waals surface area (Å²) in [7, 11) is 0. The molecule has 2 nitrogen and oxygen atoms in total. The molecule has 0 spiro atoms. The molecule has 0 fully saturated rings. The van der Waals surface area contributed by atoms with Crippen molar-refractivity contribution in [2.24, 2.45) is 0 Å². The molecule has 0 amide bonds. The molecule has 0 radical (unpaired) electrons. The Morgan fingerprint density at radius 2 is 0.957 bits per heavy atom. The van der Waals surface area contributed by atoms with Crippen LogP contribution in [-0.4, -0.2) is 9.97 Å². The first-order valence-electron chi connectivity index (χ1n) is 7.11. The second-order valence-electron chi connectivity index (χ2n) is 7.36. The number of nitrogens with zero attached hydrogens (tertiary/aromatic N) is 2. The Kier molecular flexibility index (Phi) is 9.80. The third kappa shape index (κ3) is 6.49. The molecular weight excluding hydrogens is 381 g/mol. The molecule has 23 heavy (non-hydrogen) atoms. The predicted octanol–water partition coefficient (Wildman–Crippen LogP) is -1.26. The summed E-state index contributed by atoms with van der Waals surface area (Å²) in [5, 5.41) is 0. The van der Waals surface area contributed by atoms with Crippen LogP contribution in [0.4, 0.5) is 0 Å². The van der Waals surface area contributed by atoms with E-state index in [4.69, 9.17) is 0 Å². The van der Waals surface area contributed by atoms with Gasteiger partial charge in [-0.2, -0.15) is 0 Å². The number of rotatable bonds is 1. The van der Waals surface area contributed by atoms with Crippen LogP contribution in [0.25, 0.3) is 11.4 Å². The smallest absolute Gasteiger partial charge is 1.00 e. The second kappa shape index (κ2) is 9.11. The Hall–Kier alpha value is -0.497. The van der Waals surface area contributed by atoms with Crippen molar-refractivity contribution in [3.05, 3.63) is 47.8 Å². The molecule has 5 heteroatoms. The van der Waals surface area contributed by atoms with Crippen molar-refractivity contribution in [3.8, 4) is 11.4 Å². The van der Waals surface area contributed by atoms with Crippen molar-refractivity contribution in [2.45, 2.75) is 52.4 Å². The maximum absolute atomic E-state index is 4.48. The molecule has 0 unspecified atom stereocenters. The first-order chi connectivity index (χ1) is 9.18. The minimum Gasteiger partial charge on any atom is -1.00 e. The number of hydrogen-bond acceptors (Lipinski definition) is 2. The SMILES string of the molecule is CC(C)(C)c1ccnc(-c2cc(C(C)(C)C)ccn2)c1.[Cl-].[Cl-].[Zn+2]. The first kappa shape index (κ1) is 24.8. The molecule has 0 aromatic carbocycles. The average molecular weight is 405 g/mol. The van der Waals surface area contributed by atoms with E-state index in [9.17, 15) is 0 Å². The van der Waals surface area contributed by atoms with Crippen LogP contribution in [-0.2, 0) is 30.3 Å². The van der Waals surface area contributed by atoms with E-state index in [1.54, 1.807) is 0 Å². The third-order valence-electron chi connectivity index (χ3n) is 3.51. The van der Waals surface area contributed by atoms with Crippen LogP contribution in [0.3, 0.4) is 0 Å². The summed E-state index contributed by atoms with van der Waals surface area (Å²) in [6.45, 7) is 13.3. The van der Waals surface area contributed by atoms with E-state index in [0.717, 1.165) is 11.4 Å². The van der Waals surface area contributed by atoms with Gasteiger partial charge in [0.25, 0.3) is 0 Å². The number of pyridine rings is 2. The molecule has 2 rings (SSSR count). The van der Waals surface area contributed by atoms with Gasteiger partial charge in [-0.15, -0.1) is 0 Å². The first-order valence-corrected chi connectivity index (χ1v) is 7.11. The summed E-state index contributed by atoms with van der Waals surface area (Å²) in [6, 6.07) is 8.46. The third-order valence-corrected chi connectivity index (χ3v) is 3.51. The minimum atomic E-state index is 0. The van der Waals surface area contributed by atoms with Gasteiger partial charge >= 0.3 is 19.5 Å². The van der Waals surface area contributed by atoms with Crippen molar-refractivity contribution in [3.63, 3.8) is 0 Å². The van der Waals surface area contributed by atoms with Crippen LogP contribution in [0.2, 0.25) is 0 Å². The van der Waals surface area contributed by atoms with Crippen LogP contribution >= 0.6 is 0 Å². The topological polar surface area (TPSA) is 25.8 Å². The summed E-state index contributed by atoms with van der Waals surface area (Å²) >= 11 is 0. The molecular formula is C18H24Cl2N2Zn. The van der Waals surface area contributed by atoms with Gasteiger partial charge in [0.05, 0.1) is 11.4 Å². The average Bonchev–Trinajstić information content (AvgIpc) is 2.37. The molecule has 2 aromatic rings. The van der Waals surface area contributed by atoms with Gasteiger partial charge in [-0.25, -0.2) is 0 Å². The fraction of sp³-hybridized carbons (Fsp3) is 0.444. The fourth-order valence-corrected chi connectivity index (χ4v) is 2.07. The maximum Gasteiger partial charge on any atom is 2.00 e. The Morgan fingerprint density at radius 3 is 1.22 bits per heavy atom. The summed E-state index contributed by atoms with van der Waals surface area (Å²) in [4.78, 5) is 8.97. The Balaban J connectivity index is 0. The van der Waals surface area contributed by atoms with Gasteiger partial charge in [0, 0.05) is 12.4 Å². The zero-order valence-corrected chi connectivity index (χ0v) is 19.3. The number of aromatic nitrogens is 2. The van der Waals surface area contributed by atoms with Crippen LogP contribution < -0.4 is 24.8 Å². The Morgan fingerprint density at radius 1 is 0.652 bits per heavy atom. The van der Waals surface area contributed by atoms with Gasteiger partial charge in [0.15, 0.2) is 0 Å². The maximum atomic E-state index is 4.48. The second-order valence-corrected chi connectivity index (χ2v) is 7.36. The zero-order chi connectivity index (χ0) is 15.0. The van der Waals surface area contributed by atoms with Crippen molar-refractivity contribution < 1.29 is 44.3 Å². The quantitative estimate of drug-likeness (QED) is 0.555. The fourth-order valence-electron chi connectivity index (χ4n) is 2.07. The van der Waals surface area contributed by atoms with Crippen LogP contribution in [0, 0.1) is 0 Å². The molecule has 2 heterocycles. The van der Waals surface area contributed by atoms with Gasteiger partial charge in [-0.05, 0) is 46.2 Å². The van der Waals surface area contributed by atoms with Crippen LogP contribution in [0.15, 0.2) is 36.7 Å². The van der Waals surface area contributed by atoms with Gasteiger partial charge in [-0.3, -0.25) is 9.97 Å². The standard InChI is InChI=1S/C18H24N2.2ClH.Zn/c1-17(2,3)13-7-9-19-15(11-13)16-12-14(8-10-20-16)18(4,5)6;;;/h7-12H,1-6H3;2*1H;/q;;;+2/p-2. The summed E-state index contributed by atoms with van der Waals surface area (Å²) in [5.41, 5.74) is 4.71. The van der Waals surface area contributed by atoms with E-state index in [2.05, 4.69) is 75.8 Å². The van der Waals surface area contributed by atoms with Crippen LogP contribution in [0.5, 0.6) is 0 Å². The molecule has 0 saturated carbocycles. The van der Waals surface area contributed by atoms with Gasteiger partial charge < -0.3 is 24.8 Å². The summed E-state index contributed by atoms with van der Waals surface area (Å²) in [6.07, 6.45) is 3.75. The van der Waals surface area contributed by atoms with E-state index < -0.39 is 0 Å². The predicted molar refractivity (Wildman–Crippen MR) is 84.9 cm³/mol. The van der Waals surface area contributed by atoms with E-state index in [1.165, 1.54) is 11.1 Å². The largest absolute Gasteiger partial charge is 2.00 e. The molecule has 0 bridgehead atoms. The van der Waals surface area contributed by atoms with E-state index in [0.29, 0.717) is 0 Å². The molecule has 0 atom stereocenters. The Bertz CT molecular complexity index is 561. The molecule has 0 aliphatic carbocycles. The molecule has 0 saturated heterocycles. The summed E-state index contributed by atoms with van der Waals surface area (Å²) in [5.74, 6) is 0. The van der Waals surface area contributed by atoms with Crippen molar-refractivity contribution in [2.75, 3.05) is 0 Å². The van der Waals surface area contributed by atoms with Gasteiger partial charge in [-0.1, -0.05) is 41.5 Å². The van der Waals surface area contributed by atoms with E-state index in [1.807, 2.05) is 12.4 Å². The number of hydrogen-bond donors (Lipinski definition) is 0. The monoisotopic (exact) mass is 402 g/mol. The number of halogens is 2. The molecule has 122 valence electrons. The molecule has 2 aromatic heterocycles.